The van der Waals surface area contributed by atoms with Gasteiger partial charge in [0.2, 0.25) is 0 Å². The van der Waals surface area contributed by atoms with Gasteiger partial charge in [0.05, 0.1) is 6.10 Å². The van der Waals surface area contributed by atoms with E-state index in [1.165, 1.54) is 0 Å². The lowest BCUT2D eigenvalue weighted by Crippen LogP contribution is -2.03. The van der Waals surface area contributed by atoms with E-state index in [1.54, 1.807) is 6.92 Å². The van der Waals surface area contributed by atoms with Gasteiger partial charge < -0.3 is 9.52 Å². The topological polar surface area (TPSA) is 33.4 Å². The third-order valence-electron chi connectivity index (χ3n) is 1.47. The molecule has 0 bridgehead atoms. The van der Waals surface area contributed by atoms with Gasteiger partial charge in [-0.25, -0.2) is 0 Å². The van der Waals surface area contributed by atoms with Crippen LogP contribution in [-0.2, 0) is 6.42 Å². The van der Waals surface area contributed by atoms with Crippen LogP contribution in [0.5, 0.6) is 0 Å². The Kier molecular flexibility index (Phi) is 2.73. The van der Waals surface area contributed by atoms with Crippen molar-refractivity contribution in [3.8, 4) is 0 Å². The molecule has 1 heterocycles. The minimum Gasteiger partial charge on any atom is -0.454 e. The van der Waals surface area contributed by atoms with Gasteiger partial charge in [-0.1, -0.05) is 0 Å². The van der Waals surface area contributed by atoms with E-state index in [4.69, 9.17) is 9.52 Å². The maximum atomic E-state index is 9.06. The highest BCUT2D eigenvalue weighted by Gasteiger charge is 2.07. The van der Waals surface area contributed by atoms with E-state index >= 15 is 0 Å². The Morgan fingerprint density at radius 1 is 1.73 bits per heavy atom. The van der Waals surface area contributed by atoms with E-state index in [9.17, 15) is 0 Å². The summed E-state index contributed by atoms with van der Waals surface area (Å²) in [7, 11) is 0. The summed E-state index contributed by atoms with van der Waals surface area (Å²) < 4.78 is 6.01. The summed E-state index contributed by atoms with van der Waals surface area (Å²) in [4.78, 5) is 0. The van der Waals surface area contributed by atoms with E-state index < -0.39 is 0 Å². The number of halogens is 1. The lowest BCUT2D eigenvalue weighted by atomic mass is 10.2. The Morgan fingerprint density at radius 2 is 2.36 bits per heavy atom. The van der Waals surface area contributed by atoms with Gasteiger partial charge in [0.15, 0.2) is 4.67 Å². The summed E-state index contributed by atoms with van der Waals surface area (Å²) in [6.07, 6.45) is 0.240. The van der Waals surface area contributed by atoms with Crippen molar-refractivity contribution in [2.75, 3.05) is 0 Å². The number of hydrogen-bond donors (Lipinski definition) is 1. The van der Waals surface area contributed by atoms with Gasteiger partial charge in [-0.15, -0.1) is 0 Å². The molecule has 1 aromatic heterocycles. The summed E-state index contributed by atoms with van der Waals surface area (Å²) in [5.74, 6) is 0.854. The van der Waals surface area contributed by atoms with E-state index in [1.807, 2.05) is 13.0 Å². The molecular weight excluding hydrogens is 208 g/mol. The third-order valence-corrected chi connectivity index (χ3v) is 1.86. The first kappa shape index (κ1) is 8.81. The van der Waals surface area contributed by atoms with E-state index in [2.05, 4.69) is 15.9 Å². The van der Waals surface area contributed by atoms with Gasteiger partial charge in [-0.2, -0.15) is 0 Å². The Balaban J connectivity index is 2.77. The lowest BCUT2D eigenvalue weighted by Gasteiger charge is -2.00. The Morgan fingerprint density at radius 3 is 2.73 bits per heavy atom. The van der Waals surface area contributed by atoms with Crippen LogP contribution < -0.4 is 0 Å². The van der Waals surface area contributed by atoms with Crippen molar-refractivity contribution < 1.29 is 9.52 Å². The number of aliphatic hydroxyl groups excluding tert-OH is 1. The zero-order valence-corrected chi connectivity index (χ0v) is 8.18. The first-order valence-electron chi connectivity index (χ1n) is 3.52. The van der Waals surface area contributed by atoms with Crippen LogP contribution in [0.2, 0.25) is 0 Å². The number of aryl methyl sites for hydroxylation is 1. The number of furan rings is 1. The molecule has 3 heteroatoms. The second-order valence-electron chi connectivity index (χ2n) is 2.71. The van der Waals surface area contributed by atoms with Crippen molar-refractivity contribution in [1.29, 1.82) is 0 Å². The Hall–Kier alpha value is -0.280. The summed E-state index contributed by atoms with van der Waals surface area (Å²) in [5, 5.41) is 9.06. The highest BCUT2D eigenvalue weighted by Crippen LogP contribution is 2.20. The molecule has 62 valence electrons. The van der Waals surface area contributed by atoms with Crippen molar-refractivity contribution in [1.82, 2.24) is 0 Å². The average molecular weight is 219 g/mol. The monoisotopic (exact) mass is 218 g/mol. The highest BCUT2D eigenvalue weighted by atomic mass is 79.9. The highest BCUT2D eigenvalue weighted by molar-refractivity contribution is 9.10. The molecule has 11 heavy (non-hydrogen) atoms. The minimum atomic E-state index is -0.341. The zero-order chi connectivity index (χ0) is 8.43. The molecule has 0 spiro atoms. The Bertz CT molecular complexity index is 240. The maximum absolute atomic E-state index is 9.06. The van der Waals surface area contributed by atoms with Crippen LogP contribution in [0.4, 0.5) is 0 Å². The second-order valence-corrected chi connectivity index (χ2v) is 3.49. The molecule has 1 atom stereocenters. The molecule has 1 rings (SSSR count). The van der Waals surface area contributed by atoms with Crippen LogP contribution in [0.3, 0.4) is 0 Å². The summed E-state index contributed by atoms with van der Waals surface area (Å²) in [6.45, 7) is 3.71. The van der Waals surface area contributed by atoms with Crippen molar-refractivity contribution in [2.45, 2.75) is 26.4 Å². The first-order valence-corrected chi connectivity index (χ1v) is 4.31. The maximum Gasteiger partial charge on any atom is 0.169 e. The SMILES string of the molecule is Cc1cc(Br)oc1C[C@@H](C)O. The second kappa shape index (κ2) is 3.41. The van der Waals surface area contributed by atoms with Crippen LogP contribution in [0.1, 0.15) is 18.2 Å². The normalized spacial score (nSPS) is 13.5. The smallest absolute Gasteiger partial charge is 0.169 e. The van der Waals surface area contributed by atoms with Gasteiger partial charge in [0.25, 0.3) is 0 Å². The molecule has 0 aliphatic heterocycles. The van der Waals surface area contributed by atoms with Crippen LogP contribution in [0.15, 0.2) is 15.2 Å². The first-order chi connectivity index (χ1) is 5.09. The largest absolute Gasteiger partial charge is 0.454 e. The molecule has 0 unspecified atom stereocenters. The molecule has 0 fully saturated rings. The summed E-state index contributed by atoms with van der Waals surface area (Å²) >= 11 is 3.22. The average Bonchev–Trinajstić information content (AvgIpc) is 2.09. The minimum absolute atomic E-state index is 0.341. The molecule has 0 saturated carbocycles. The standard InChI is InChI=1S/C8H11BrO2/c1-5-3-8(9)11-7(5)4-6(2)10/h3,6,10H,4H2,1-2H3/t6-/m1/s1. The molecule has 0 aliphatic rings. The van der Waals surface area contributed by atoms with Gasteiger partial charge in [-0.3, -0.25) is 0 Å². The fourth-order valence-electron chi connectivity index (χ4n) is 0.949. The quantitative estimate of drug-likeness (QED) is 0.827. The fraction of sp³-hybridized carbons (Fsp3) is 0.500. The summed E-state index contributed by atoms with van der Waals surface area (Å²) in [6, 6.07) is 1.90. The van der Waals surface area contributed by atoms with Crippen molar-refractivity contribution >= 4 is 15.9 Å². The van der Waals surface area contributed by atoms with Crippen molar-refractivity contribution in [3.05, 3.63) is 22.1 Å². The van der Waals surface area contributed by atoms with Crippen LogP contribution in [-0.4, -0.2) is 11.2 Å². The van der Waals surface area contributed by atoms with Crippen molar-refractivity contribution in [3.63, 3.8) is 0 Å². The van der Waals surface area contributed by atoms with E-state index in [0.29, 0.717) is 6.42 Å². The van der Waals surface area contributed by atoms with Gasteiger partial charge in [0.1, 0.15) is 5.76 Å². The molecular formula is C8H11BrO2. The molecule has 0 saturated heterocycles. The Labute approximate surface area is 74.3 Å². The van der Waals surface area contributed by atoms with E-state index in [0.717, 1.165) is 16.0 Å². The molecule has 0 amide bonds. The number of rotatable bonds is 2. The fourth-order valence-corrected chi connectivity index (χ4v) is 1.49. The lowest BCUT2D eigenvalue weighted by molar-refractivity contribution is 0.186. The van der Waals surface area contributed by atoms with Crippen LogP contribution in [0, 0.1) is 6.92 Å². The van der Waals surface area contributed by atoms with Gasteiger partial charge in [0, 0.05) is 6.42 Å². The van der Waals surface area contributed by atoms with Crippen molar-refractivity contribution in [2.24, 2.45) is 0 Å². The molecule has 1 N–H and O–H groups in total. The predicted octanol–water partition coefficient (Wildman–Crippen LogP) is 2.27. The molecule has 0 radical (unpaired) electrons. The summed E-state index contributed by atoms with van der Waals surface area (Å²) in [5.41, 5.74) is 1.08. The number of hydrogen-bond acceptors (Lipinski definition) is 2. The molecule has 1 aromatic rings. The predicted molar refractivity (Wildman–Crippen MR) is 46.5 cm³/mol. The third kappa shape index (κ3) is 2.34. The molecule has 0 aliphatic carbocycles. The van der Waals surface area contributed by atoms with Crippen LogP contribution in [0.25, 0.3) is 0 Å². The van der Waals surface area contributed by atoms with E-state index in [-0.39, 0.29) is 6.10 Å². The molecule has 0 aromatic carbocycles. The van der Waals surface area contributed by atoms with Crippen LogP contribution >= 0.6 is 15.9 Å². The number of aliphatic hydroxyl groups is 1. The van der Waals surface area contributed by atoms with Gasteiger partial charge >= 0.3 is 0 Å². The zero-order valence-electron chi connectivity index (χ0n) is 6.60. The van der Waals surface area contributed by atoms with Gasteiger partial charge in [-0.05, 0) is 41.4 Å². The molecule has 2 nitrogen and oxygen atoms in total.